The fourth-order valence-corrected chi connectivity index (χ4v) is 5.75. The Morgan fingerprint density at radius 1 is 1.20 bits per heavy atom. The number of nitrogens with zero attached hydrogens (tertiary/aromatic N) is 3. The van der Waals surface area contributed by atoms with Gasteiger partial charge in [-0.05, 0) is 63.1 Å². The fraction of sp³-hybridized carbons (Fsp3) is 0.636. The van der Waals surface area contributed by atoms with Crippen molar-refractivity contribution < 1.29 is 23.1 Å². The van der Waals surface area contributed by atoms with E-state index in [9.17, 15) is 23.1 Å². The summed E-state index contributed by atoms with van der Waals surface area (Å²) in [5.41, 5.74) is 0.746. The predicted octanol–water partition coefficient (Wildman–Crippen LogP) is 3.54. The van der Waals surface area contributed by atoms with Crippen LogP contribution >= 0.6 is 0 Å². The van der Waals surface area contributed by atoms with E-state index in [1.54, 1.807) is 13.0 Å². The number of halogens is 3. The fourth-order valence-electron chi connectivity index (χ4n) is 5.75. The molecule has 2 saturated carbocycles. The topological polar surface area (TPSA) is 58.4 Å². The van der Waals surface area contributed by atoms with Gasteiger partial charge in [0.2, 0.25) is 5.91 Å². The van der Waals surface area contributed by atoms with Gasteiger partial charge in [0.1, 0.15) is 12.2 Å². The molecule has 3 aliphatic rings. The van der Waals surface area contributed by atoms with E-state index in [4.69, 9.17) is 0 Å². The standard InChI is InChI=1S/C22H26F3N3O2/c1-20(30)9-16(10-20)19(29)28-11-21(12-28)7-14(8-21)6-17-3-2-15-4-5-27(18(15)26-17)13-22(23,24)25/h2-5,14,16,30H,6-13H2,1H3. The van der Waals surface area contributed by atoms with Crippen LogP contribution in [0.15, 0.2) is 24.4 Å². The van der Waals surface area contributed by atoms with Gasteiger partial charge in [0.15, 0.2) is 0 Å². The minimum absolute atomic E-state index is 0.0305. The first-order valence-electron chi connectivity index (χ1n) is 10.5. The first-order chi connectivity index (χ1) is 14.0. The Hall–Kier alpha value is -2.09. The Morgan fingerprint density at radius 2 is 1.90 bits per heavy atom. The minimum atomic E-state index is -4.27. The Labute approximate surface area is 172 Å². The average Bonchev–Trinajstić information content (AvgIpc) is 2.93. The molecule has 0 aromatic carbocycles. The van der Waals surface area contributed by atoms with Crippen LogP contribution in [0, 0.1) is 17.3 Å². The van der Waals surface area contributed by atoms with Crippen LogP contribution in [0.3, 0.4) is 0 Å². The van der Waals surface area contributed by atoms with Crippen LogP contribution in [-0.2, 0) is 17.8 Å². The predicted molar refractivity (Wildman–Crippen MR) is 105 cm³/mol. The molecular formula is C22H26F3N3O2. The lowest BCUT2D eigenvalue weighted by Gasteiger charge is -2.60. The third-order valence-corrected chi connectivity index (χ3v) is 7.05. The van der Waals surface area contributed by atoms with Crippen LogP contribution in [0.5, 0.6) is 0 Å². The van der Waals surface area contributed by atoms with E-state index < -0.39 is 18.3 Å². The number of carbonyl (C=O) groups is 1. The highest BCUT2D eigenvalue weighted by atomic mass is 19.4. The maximum absolute atomic E-state index is 12.8. The molecule has 1 saturated heterocycles. The van der Waals surface area contributed by atoms with Gasteiger partial charge in [-0.2, -0.15) is 13.2 Å². The van der Waals surface area contributed by atoms with Crippen molar-refractivity contribution in [2.24, 2.45) is 17.3 Å². The van der Waals surface area contributed by atoms with E-state index in [-0.39, 0.29) is 17.2 Å². The van der Waals surface area contributed by atoms with Crippen molar-refractivity contribution in [1.82, 2.24) is 14.5 Å². The zero-order chi connectivity index (χ0) is 21.3. The lowest BCUT2D eigenvalue weighted by Crippen LogP contribution is -2.66. The average molecular weight is 421 g/mol. The summed E-state index contributed by atoms with van der Waals surface area (Å²) in [6.45, 7) is 2.33. The highest BCUT2D eigenvalue weighted by molar-refractivity contribution is 5.81. The molecule has 5 rings (SSSR count). The molecular weight excluding hydrogens is 395 g/mol. The van der Waals surface area contributed by atoms with Gasteiger partial charge in [-0.25, -0.2) is 4.98 Å². The second-order valence-corrected chi connectivity index (χ2v) is 10.0. The third-order valence-electron chi connectivity index (χ3n) is 7.05. The molecule has 5 nitrogen and oxygen atoms in total. The maximum Gasteiger partial charge on any atom is 0.406 e. The van der Waals surface area contributed by atoms with Crippen molar-refractivity contribution >= 4 is 16.9 Å². The van der Waals surface area contributed by atoms with Crippen LogP contribution in [0.1, 0.15) is 38.3 Å². The first-order valence-corrected chi connectivity index (χ1v) is 10.5. The second kappa shape index (κ2) is 6.45. The van der Waals surface area contributed by atoms with E-state index in [0.717, 1.165) is 48.0 Å². The van der Waals surface area contributed by atoms with Crippen molar-refractivity contribution in [2.45, 2.75) is 57.3 Å². The first kappa shape index (κ1) is 19.8. The van der Waals surface area contributed by atoms with Gasteiger partial charge in [-0.3, -0.25) is 4.79 Å². The number of pyridine rings is 1. The molecule has 1 spiro atoms. The number of aliphatic hydroxyl groups is 1. The summed E-state index contributed by atoms with van der Waals surface area (Å²) in [6, 6.07) is 5.41. The normalized spacial score (nSPS) is 28.3. The molecule has 0 radical (unpaired) electrons. The van der Waals surface area contributed by atoms with Crippen LogP contribution in [0.2, 0.25) is 0 Å². The number of rotatable bonds is 4. The summed E-state index contributed by atoms with van der Waals surface area (Å²) in [4.78, 5) is 18.9. The second-order valence-electron chi connectivity index (χ2n) is 10.0. The van der Waals surface area contributed by atoms with Crippen LogP contribution < -0.4 is 0 Å². The number of carbonyl (C=O) groups excluding carboxylic acids is 1. The van der Waals surface area contributed by atoms with Crippen molar-refractivity contribution in [3.63, 3.8) is 0 Å². The van der Waals surface area contributed by atoms with Gasteiger partial charge in [-0.15, -0.1) is 0 Å². The smallest absolute Gasteiger partial charge is 0.390 e. The van der Waals surface area contributed by atoms with E-state index in [2.05, 4.69) is 4.98 Å². The Kier molecular flexibility index (Phi) is 4.27. The van der Waals surface area contributed by atoms with E-state index in [1.807, 2.05) is 17.0 Å². The van der Waals surface area contributed by atoms with Crippen molar-refractivity contribution in [2.75, 3.05) is 13.1 Å². The Morgan fingerprint density at radius 3 is 2.53 bits per heavy atom. The van der Waals surface area contributed by atoms with E-state index in [1.165, 1.54) is 6.20 Å². The number of alkyl halides is 3. The molecule has 3 heterocycles. The number of fused-ring (bicyclic) bond motifs is 1. The third kappa shape index (κ3) is 3.59. The molecule has 162 valence electrons. The van der Waals surface area contributed by atoms with Crippen LogP contribution in [0.4, 0.5) is 13.2 Å². The summed E-state index contributed by atoms with van der Waals surface area (Å²) in [7, 11) is 0. The van der Waals surface area contributed by atoms with Crippen molar-refractivity contribution in [3.05, 3.63) is 30.1 Å². The number of aromatic nitrogens is 2. The van der Waals surface area contributed by atoms with Crippen molar-refractivity contribution in [3.8, 4) is 0 Å². The zero-order valence-corrected chi connectivity index (χ0v) is 17.0. The lowest BCUT2D eigenvalue weighted by atomic mass is 9.56. The molecule has 2 aliphatic carbocycles. The van der Waals surface area contributed by atoms with Crippen molar-refractivity contribution in [1.29, 1.82) is 0 Å². The quantitative estimate of drug-likeness (QED) is 0.822. The Balaban J connectivity index is 1.15. The molecule has 1 N–H and O–H groups in total. The molecule has 2 aromatic rings. The van der Waals surface area contributed by atoms with Crippen LogP contribution in [0.25, 0.3) is 11.0 Å². The van der Waals surface area contributed by atoms with Gasteiger partial charge < -0.3 is 14.6 Å². The number of amides is 1. The molecule has 0 bridgehead atoms. The maximum atomic E-state index is 12.8. The molecule has 30 heavy (non-hydrogen) atoms. The highest BCUT2D eigenvalue weighted by Gasteiger charge is 2.55. The summed E-state index contributed by atoms with van der Waals surface area (Å²) in [5.74, 6) is 0.605. The summed E-state index contributed by atoms with van der Waals surface area (Å²) in [5, 5.41) is 10.5. The monoisotopic (exact) mass is 421 g/mol. The number of likely N-dealkylation sites (tertiary alicyclic amines) is 1. The molecule has 1 amide bonds. The summed E-state index contributed by atoms with van der Waals surface area (Å²) < 4.78 is 39.5. The summed E-state index contributed by atoms with van der Waals surface area (Å²) >= 11 is 0. The van der Waals surface area contributed by atoms with Crippen LogP contribution in [-0.4, -0.2) is 50.3 Å². The van der Waals surface area contributed by atoms with Gasteiger partial charge in [0.25, 0.3) is 0 Å². The molecule has 8 heteroatoms. The largest absolute Gasteiger partial charge is 0.406 e. The van der Waals surface area contributed by atoms with Gasteiger partial charge in [0, 0.05) is 41.7 Å². The molecule has 1 aliphatic heterocycles. The Bertz CT molecular complexity index is 975. The molecule has 3 fully saturated rings. The van der Waals surface area contributed by atoms with Gasteiger partial charge in [0.05, 0.1) is 5.60 Å². The van der Waals surface area contributed by atoms with E-state index >= 15 is 0 Å². The van der Waals surface area contributed by atoms with Gasteiger partial charge >= 0.3 is 6.18 Å². The van der Waals surface area contributed by atoms with Gasteiger partial charge in [-0.1, -0.05) is 0 Å². The highest BCUT2D eigenvalue weighted by Crippen LogP contribution is 2.53. The summed E-state index contributed by atoms with van der Waals surface area (Å²) in [6.07, 6.45) is 1.10. The molecule has 0 unspecified atom stereocenters. The number of hydrogen-bond acceptors (Lipinski definition) is 3. The lowest BCUT2D eigenvalue weighted by molar-refractivity contribution is -0.171. The molecule has 0 atom stereocenters. The van der Waals surface area contributed by atoms with E-state index in [0.29, 0.717) is 24.4 Å². The molecule has 2 aromatic heterocycles. The number of hydrogen-bond donors (Lipinski definition) is 1. The SMILES string of the molecule is CC1(O)CC(C(=O)N2CC3(CC(Cc4ccc5ccn(CC(F)(F)F)c5n4)C3)C2)C1. The zero-order valence-electron chi connectivity index (χ0n) is 17.0. The minimum Gasteiger partial charge on any atom is -0.390 e.